The number of amides is 1. The molecule has 4 nitrogen and oxygen atoms in total. The molecule has 0 spiro atoms. The Labute approximate surface area is 125 Å². The van der Waals surface area contributed by atoms with E-state index in [1.54, 1.807) is 17.0 Å². The van der Waals surface area contributed by atoms with E-state index in [4.69, 9.17) is 16.3 Å². The third-order valence-corrected chi connectivity index (χ3v) is 3.78. The summed E-state index contributed by atoms with van der Waals surface area (Å²) < 4.78 is 5.60. The largest absolute Gasteiger partial charge is 0.492 e. The van der Waals surface area contributed by atoms with Crippen LogP contribution in [0.4, 0.5) is 0 Å². The first-order chi connectivity index (χ1) is 9.66. The van der Waals surface area contributed by atoms with E-state index in [2.05, 4.69) is 5.32 Å². The predicted molar refractivity (Wildman–Crippen MR) is 80.2 cm³/mol. The predicted octanol–water partition coefficient (Wildman–Crippen LogP) is 2.18. The molecule has 2 rings (SSSR count). The fraction of sp³-hybridized carbons (Fsp3) is 0.533. The SMILES string of the molecule is CN(CCOc1ccc(Cl)cc1)C(=O)[C@@H]1CCCNC1. The summed E-state index contributed by atoms with van der Waals surface area (Å²) in [5, 5.41) is 3.96. The monoisotopic (exact) mass is 296 g/mol. The van der Waals surface area contributed by atoms with E-state index < -0.39 is 0 Å². The first-order valence-electron chi connectivity index (χ1n) is 7.01. The van der Waals surface area contributed by atoms with Crippen molar-refractivity contribution in [3.63, 3.8) is 0 Å². The quantitative estimate of drug-likeness (QED) is 0.905. The number of carbonyl (C=O) groups is 1. The highest BCUT2D eigenvalue weighted by Crippen LogP contribution is 2.16. The molecule has 20 heavy (non-hydrogen) atoms. The van der Waals surface area contributed by atoms with Gasteiger partial charge in [-0.15, -0.1) is 0 Å². The highest BCUT2D eigenvalue weighted by atomic mass is 35.5. The number of rotatable bonds is 5. The van der Waals surface area contributed by atoms with E-state index in [0.29, 0.717) is 18.2 Å². The molecule has 1 amide bonds. The van der Waals surface area contributed by atoms with Gasteiger partial charge in [-0.1, -0.05) is 11.6 Å². The number of likely N-dealkylation sites (N-methyl/N-ethyl adjacent to an activating group) is 1. The van der Waals surface area contributed by atoms with Crippen LogP contribution in [0.15, 0.2) is 24.3 Å². The van der Waals surface area contributed by atoms with Crippen molar-refractivity contribution in [3.05, 3.63) is 29.3 Å². The fourth-order valence-corrected chi connectivity index (χ4v) is 2.44. The third kappa shape index (κ3) is 4.39. The molecule has 1 aromatic carbocycles. The summed E-state index contributed by atoms with van der Waals surface area (Å²) in [6, 6.07) is 7.24. The van der Waals surface area contributed by atoms with E-state index in [9.17, 15) is 4.79 Å². The molecule has 1 atom stereocenters. The van der Waals surface area contributed by atoms with Crippen molar-refractivity contribution in [2.75, 3.05) is 33.3 Å². The molecule has 0 radical (unpaired) electrons. The summed E-state index contributed by atoms with van der Waals surface area (Å²) >= 11 is 5.81. The molecule has 0 aromatic heterocycles. The van der Waals surface area contributed by atoms with Crippen LogP contribution in [0.2, 0.25) is 5.02 Å². The van der Waals surface area contributed by atoms with Gasteiger partial charge in [0.25, 0.3) is 0 Å². The second kappa shape index (κ2) is 7.50. The zero-order valence-electron chi connectivity index (χ0n) is 11.8. The number of benzene rings is 1. The van der Waals surface area contributed by atoms with Crippen molar-refractivity contribution in [2.24, 2.45) is 5.92 Å². The summed E-state index contributed by atoms with van der Waals surface area (Å²) in [6.07, 6.45) is 2.06. The van der Waals surface area contributed by atoms with Gasteiger partial charge in [0.2, 0.25) is 5.91 Å². The Morgan fingerprint density at radius 3 is 2.85 bits per heavy atom. The van der Waals surface area contributed by atoms with Gasteiger partial charge in [-0.05, 0) is 43.7 Å². The molecule has 110 valence electrons. The van der Waals surface area contributed by atoms with Crippen molar-refractivity contribution in [3.8, 4) is 5.75 Å². The normalized spacial score (nSPS) is 18.6. The Balaban J connectivity index is 1.72. The summed E-state index contributed by atoms with van der Waals surface area (Å²) in [5.74, 6) is 1.09. The van der Waals surface area contributed by atoms with Gasteiger partial charge in [-0.25, -0.2) is 0 Å². The lowest BCUT2D eigenvalue weighted by atomic mass is 9.98. The van der Waals surface area contributed by atoms with E-state index in [1.165, 1.54) is 0 Å². The average molecular weight is 297 g/mol. The lowest BCUT2D eigenvalue weighted by molar-refractivity contribution is -0.135. The number of nitrogens with zero attached hydrogens (tertiary/aromatic N) is 1. The van der Waals surface area contributed by atoms with Gasteiger partial charge in [-0.2, -0.15) is 0 Å². The molecule has 1 aliphatic heterocycles. The van der Waals surface area contributed by atoms with Gasteiger partial charge in [0, 0.05) is 18.6 Å². The average Bonchev–Trinajstić information content (AvgIpc) is 2.49. The highest BCUT2D eigenvalue weighted by Gasteiger charge is 2.23. The Morgan fingerprint density at radius 1 is 1.45 bits per heavy atom. The second-order valence-corrected chi connectivity index (χ2v) is 5.54. The van der Waals surface area contributed by atoms with E-state index in [-0.39, 0.29) is 11.8 Å². The highest BCUT2D eigenvalue weighted by molar-refractivity contribution is 6.30. The minimum absolute atomic E-state index is 0.115. The van der Waals surface area contributed by atoms with Crippen LogP contribution in [0, 0.1) is 5.92 Å². The maximum absolute atomic E-state index is 12.2. The molecule has 0 aliphatic carbocycles. The number of ether oxygens (including phenoxy) is 1. The Hall–Kier alpha value is -1.26. The second-order valence-electron chi connectivity index (χ2n) is 5.11. The molecule has 1 aromatic rings. The fourth-order valence-electron chi connectivity index (χ4n) is 2.32. The van der Waals surface area contributed by atoms with Crippen LogP contribution in [-0.2, 0) is 4.79 Å². The molecule has 0 unspecified atom stereocenters. The molecule has 0 bridgehead atoms. The van der Waals surface area contributed by atoms with Gasteiger partial charge in [-0.3, -0.25) is 4.79 Å². The van der Waals surface area contributed by atoms with Crippen molar-refractivity contribution in [2.45, 2.75) is 12.8 Å². The molecule has 1 aliphatic rings. The Bertz CT molecular complexity index is 430. The minimum Gasteiger partial charge on any atom is -0.492 e. The van der Waals surface area contributed by atoms with Gasteiger partial charge < -0.3 is 15.0 Å². The van der Waals surface area contributed by atoms with E-state index in [0.717, 1.165) is 31.7 Å². The molecule has 1 N–H and O–H groups in total. The molecule has 5 heteroatoms. The lowest BCUT2D eigenvalue weighted by Crippen LogP contribution is -2.42. The summed E-state index contributed by atoms with van der Waals surface area (Å²) in [4.78, 5) is 14.0. The molecular formula is C15H21ClN2O2. The molecule has 0 saturated carbocycles. The Morgan fingerprint density at radius 2 is 2.20 bits per heavy atom. The molecule has 1 heterocycles. The summed E-state index contributed by atoms with van der Waals surface area (Å²) in [5.41, 5.74) is 0. The maximum atomic E-state index is 12.2. The molecule has 1 saturated heterocycles. The van der Waals surface area contributed by atoms with Crippen LogP contribution < -0.4 is 10.1 Å². The van der Waals surface area contributed by atoms with Gasteiger partial charge >= 0.3 is 0 Å². The number of halogens is 1. The number of nitrogens with one attached hydrogen (secondary N) is 1. The first-order valence-corrected chi connectivity index (χ1v) is 7.38. The number of hydrogen-bond donors (Lipinski definition) is 1. The van der Waals surface area contributed by atoms with Crippen molar-refractivity contribution >= 4 is 17.5 Å². The van der Waals surface area contributed by atoms with Crippen LogP contribution in [-0.4, -0.2) is 44.1 Å². The van der Waals surface area contributed by atoms with Crippen molar-refractivity contribution < 1.29 is 9.53 Å². The van der Waals surface area contributed by atoms with Crippen LogP contribution in [0.5, 0.6) is 5.75 Å². The third-order valence-electron chi connectivity index (χ3n) is 3.53. The standard InChI is InChI=1S/C15H21ClN2O2/c1-18(15(19)12-3-2-8-17-11-12)9-10-20-14-6-4-13(16)5-7-14/h4-7,12,17H,2-3,8-11H2,1H3/t12-/m1/s1. The lowest BCUT2D eigenvalue weighted by Gasteiger charge is -2.27. The molecular weight excluding hydrogens is 276 g/mol. The number of carbonyl (C=O) groups excluding carboxylic acids is 1. The topological polar surface area (TPSA) is 41.6 Å². The maximum Gasteiger partial charge on any atom is 0.226 e. The zero-order chi connectivity index (χ0) is 14.4. The minimum atomic E-state index is 0.115. The van der Waals surface area contributed by atoms with Crippen molar-refractivity contribution in [1.82, 2.24) is 10.2 Å². The smallest absolute Gasteiger partial charge is 0.226 e. The summed E-state index contributed by atoms with van der Waals surface area (Å²) in [7, 11) is 1.84. The van der Waals surface area contributed by atoms with E-state index >= 15 is 0 Å². The van der Waals surface area contributed by atoms with Crippen LogP contribution in [0.3, 0.4) is 0 Å². The molecule has 1 fully saturated rings. The van der Waals surface area contributed by atoms with Crippen LogP contribution in [0.1, 0.15) is 12.8 Å². The van der Waals surface area contributed by atoms with E-state index in [1.807, 2.05) is 19.2 Å². The van der Waals surface area contributed by atoms with Gasteiger partial charge in [0.15, 0.2) is 0 Å². The Kier molecular flexibility index (Phi) is 5.68. The number of piperidine rings is 1. The van der Waals surface area contributed by atoms with Crippen LogP contribution >= 0.6 is 11.6 Å². The van der Waals surface area contributed by atoms with Gasteiger partial charge in [0.05, 0.1) is 12.5 Å². The van der Waals surface area contributed by atoms with Crippen LogP contribution in [0.25, 0.3) is 0 Å². The van der Waals surface area contributed by atoms with Gasteiger partial charge in [0.1, 0.15) is 12.4 Å². The van der Waals surface area contributed by atoms with Crippen molar-refractivity contribution in [1.29, 1.82) is 0 Å². The number of hydrogen-bond acceptors (Lipinski definition) is 3. The zero-order valence-corrected chi connectivity index (χ0v) is 12.5. The summed E-state index contributed by atoms with van der Waals surface area (Å²) in [6.45, 7) is 2.90. The first kappa shape index (κ1) is 15.1.